The third-order valence-corrected chi connectivity index (χ3v) is 6.99. The fraction of sp³-hybridized carbons (Fsp3) is 0.833. The van der Waals surface area contributed by atoms with Crippen molar-refractivity contribution in [1.29, 1.82) is 0 Å². The van der Waals surface area contributed by atoms with Crippen molar-refractivity contribution in [1.82, 2.24) is 20.1 Å². The summed E-state index contributed by atoms with van der Waals surface area (Å²) in [6.45, 7) is 8.04. The average Bonchev–Trinajstić information content (AvgIpc) is 2.75. The lowest BCUT2D eigenvalue weighted by atomic mass is 9.40. The van der Waals surface area contributed by atoms with Crippen LogP contribution in [0.5, 0.6) is 0 Å². The number of hydrogen-bond donors (Lipinski definition) is 2. The number of aryl methyl sites for hydroxylation is 1. The van der Waals surface area contributed by atoms with Crippen LogP contribution in [-0.4, -0.2) is 27.2 Å². The monoisotopic (exact) mass is 348 g/mol. The van der Waals surface area contributed by atoms with Gasteiger partial charge in [0.1, 0.15) is 5.82 Å². The molecule has 1 amide bonds. The van der Waals surface area contributed by atoms with Crippen molar-refractivity contribution in [2.24, 2.45) is 22.2 Å². The highest BCUT2D eigenvalue weighted by molar-refractivity contribution is 7.71. The molecule has 6 heteroatoms. The molecule has 4 saturated carbocycles. The van der Waals surface area contributed by atoms with E-state index in [2.05, 4.69) is 29.4 Å². The van der Waals surface area contributed by atoms with E-state index in [0.717, 1.165) is 31.0 Å². The van der Waals surface area contributed by atoms with Crippen molar-refractivity contribution in [2.75, 3.05) is 6.54 Å². The molecule has 0 radical (unpaired) electrons. The largest absolute Gasteiger partial charge is 0.354 e. The van der Waals surface area contributed by atoms with Gasteiger partial charge in [-0.25, -0.2) is 0 Å². The molecule has 2 unspecified atom stereocenters. The summed E-state index contributed by atoms with van der Waals surface area (Å²) in [5.41, 5.74) is 0.611. The Bertz CT molecular complexity index is 718. The molecule has 5 rings (SSSR count). The first-order valence-corrected chi connectivity index (χ1v) is 9.54. The highest BCUT2D eigenvalue weighted by atomic mass is 32.1. The van der Waals surface area contributed by atoms with Gasteiger partial charge in [0, 0.05) is 13.1 Å². The predicted molar refractivity (Wildman–Crippen MR) is 95.0 cm³/mol. The summed E-state index contributed by atoms with van der Waals surface area (Å²) in [6, 6.07) is 0. The van der Waals surface area contributed by atoms with Crippen LogP contribution in [0.2, 0.25) is 0 Å². The van der Waals surface area contributed by atoms with Gasteiger partial charge in [-0.2, -0.15) is 5.10 Å². The maximum atomic E-state index is 13.1. The first-order chi connectivity index (χ1) is 11.2. The third kappa shape index (κ3) is 2.54. The number of nitrogens with zero attached hydrogens (tertiary/aromatic N) is 2. The number of carbonyl (C=O) groups excluding carboxylic acids is 1. The molecular formula is C18H28N4OS. The fourth-order valence-electron chi connectivity index (χ4n) is 6.83. The number of aromatic amines is 1. The standard InChI is InChI=1S/C18H28N4OS/c1-12-20-21-15(24)22(12)5-4-19-14(23)18-8-13-6-16(2,10-18)9-17(3,7-13)11-18/h13H,4-11H2,1-3H3,(H,19,23)(H,21,24). The minimum atomic E-state index is -0.129. The molecule has 1 aromatic heterocycles. The number of amides is 1. The first kappa shape index (κ1) is 16.3. The average molecular weight is 349 g/mol. The Hall–Kier alpha value is -1.17. The molecule has 24 heavy (non-hydrogen) atoms. The Morgan fingerprint density at radius 1 is 1.29 bits per heavy atom. The van der Waals surface area contributed by atoms with Crippen LogP contribution in [0.3, 0.4) is 0 Å². The number of H-pyrrole nitrogens is 1. The number of rotatable bonds is 4. The molecule has 0 saturated heterocycles. The fourth-order valence-corrected chi connectivity index (χ4v) is 7.10. The second kappa shape index (κ2) is 5.16. The second-order valence-electron chi connectivity index (χ2n) is 9.39. The van der Waals surface area contributed by atoms with Crippen LogP contribution < -0.4 is 5.32 Å². The zero-order chi connectivity index (χ0) is 17.2. The topological polar surface area (TPSA) is 62.7 Å². The van der Waals surface area contributed by atoms with Gasteiger partial charge >= 0.3 is 0 Å². The summed E-state index contributed by atoms with van der Waals surface area (Å²) in [4.78, 5) is 13.1. The molecule has 1 aromatic rings. The Morgan fingerprint density at radius 2 is 1.96 bits per heavy atom. The second-order valence-corrected chi connectivity index (χ2v) is 9.78. The van der Waals surface area contributed by atoms with Gasteiger partial charge in [-0.1, -0.05) is 13.8 Å². The summed E-state index contributed by atoms with van der Waals surface area (Å²) < 4.78 is 2.56. The van der Waals surface area contributed by atoms with E-state index in [0.29, 0.717) is 28.7 Å². The molecular weight excluding hydrogens is 320 g/mol. The number of carbonyl (C=O) groups is 1. The van der Waals surface area contributed by atoms with E-state index in [9.17, 15) is 4.79 Å². The summed E-state index contributed by atoms with van der Waals surface area (Å²) in [7, 11) is 0. The van der Waals surface area contributed by atoms with E-state index in [-0.39, 0.29) is 11.3 Å². The highest BCUT2D eigenvalue weighted by Crippen LogP contribution is 2.69. The summed E-state index contributed by atoms with van der Waals surface area (Å²) in [5, 5.41) is 10.1. The van der Waals surface area contributed by atoms with Gasteiger partial charge in [0.05, 0.1) is 5.41 Å². The zero-order valence-corrected chi connectivity index (χ0v) is 15.8. The van der Waals surface area contributed by atoms with E-state index in [4.69, 9.17) is 12.2 Å². The quantitative estimate of drug-likeness (QED) is 0.820. The zero-order valence-electron chi connectivity index (χ0n) is 14.9. The third-order valence-electron chi connectivity index (χ3n) is 6.68. The number of hydrogen-bond acceptors (Lipinski definition) is 3. The first-order valence-electron chi connectivity index (χ1n) is 9.13. The van der Waals surface area contributed by atoms with Crippen LogP contribution in [0.15, 0.2) is 0 Å². The Labute approximate surface area is 148 Å². The molecule has 4 aliphatic carbocycles. The number of aromatic nitrogens is 3. The SMILES string of the molecule is Cc1n[nH]c(=S)n1CCNC(=O)C12CC3CC(C)(CC(C)(C3)C1)C2. The van der Waals surface area contributed by atoms with Crippen molar-refractivity contribution in [3.8, 4) is 0 Å². The molecule has 1 heterocycles. The normalized spacial score (nSPS) is 40.0. The van der Waals surface area contributed by atoms with E-state index in [1.54, 1.807) is 0 Å². The molecule has 4 aliphatic rings. The lowest BCUT2D eigenvalue weighted by molar-refractivity contribution is -0.170. The van der Waals surface area contributed by atoms with Gasteiger partial charge in [-0.15, -0.1) is 0 Å². The summed E-state index contributed by atoms with van der Waals surface area (Å²) in [6.07, 6.45) is 7.18. The van der Waals surface area contributed by atoms with Crippen LogP contribution in [0, 0.1) is 33.9 Å². The minimum Gasteiger partial charge on any atom is -0.354 e. The van der Waals surface area contributed by atoms with Crippen LogP contribution in [0.25, 0.3) is 0 Å². The van der Waals surface area contributed by atoms with Crippen LogP contribution in [0.4, 0.5) is 0 Å². The molecule has 2 N–H and O–H groups in total. The van der Waals surface area contributed by atoms with Crippen molar-refractivity contribution >= 4 is 18.1 Å². The van der Waals surface area contributed by atoms with Gasteiger partial charge in [-0.05, 0) is 74.4 Å². The molecule has 4 fully saturated rings. The lowest BCUT2D eigenvalue weighted by Gasteiger charge is -2.64. The molecule has 0 spiro atoms. The van der Waals surface area contributed by atoms with Gasteiger partial charge in [0.25, 0.3) is 0 Å². The Balaban J connectivity index is 1.46. The smallest absolute Gasteiger partial charge is 0.226 e. The summed E-state index contributed by atoms with van der Waals surface area (Å²) in [5.74, 6) is 1.88. The van der Waals surface area contributed by atoms with E-state index in [1.165, 1.54) is 19.3 Å². The van der Waals surface area contributed by atoms with E-state index < -0.39 is 0 Å². The minimum absolute atomic E-state index is 0.129. The van der Waals surface area contributed by atoms with Crippen LogP contribution >= 0.6 is 12.2 Å². The van der Waals surface area contributed by atoms with Gasteiger partial charge in [0.15, 0.2) is 4.77 Å². The van der Waals surface area contributed by atoms with Crippen molar-refractivity contribution in [3.05, 3.63) is 10.6 Å². The van der Waals surface area contributed by atoms with Crippen LogP contribution in [-0.2, 0) is 11.3 Å². The highest BCUT2D eigenvalue weighted by Gasteiger charge is 2.62. The van der Waals surface area contributed by atoms with Crippen molar-refractivity contribution in [2.45, 2.75) is 65.8 Å². The molecule has 0 aromatic carbocycles. The van der Waals surface area contributed by atoms with E-state index >= 15 is 0 Å². The molecule has 4 bridgehead atoms. The van der Waals surface area contributed by atoms with Gasteiger partial charge < -0.3 is 9.88 Å². The number of nitrogens with one attached hydrogen (secondary N) is 2. The van der Waals surface area contributed by atoms with E-state index in [1.807, 2.05) is 11.5 Å². The summed E-state index contributed by atoms with van der Waals surface area (Å²) >= 11 is 5.23. The van der Waals surface area contributed by atoms with Crippen LogP contribution in [0.1, 0.15) is 58.2 Å². The Morgan fingerprint density at radius 3 is 2.50 bits per heavy atom. The van der Waals surface area contributed by atoms with Gasteiger partial charge in [0.2, 0.25) is 5.91 Å². The molecule has 132 valence electrons. The maximum Gasteiger partial charge on any atom is 0.226 e. The molecule has 5 nitrogen and oxygen atoms in total. The Kier molecular flexibility index (Phi) is 3.51. The molecule has 2 atom stereocenters. The van der Waals surface area contributed by atoms with Crippen molar-refractivity contribution in [3.63, 3.8) is 0 Å². The predicted octanol–water partition coefficient (Wildman–Crippen LogP) is 3.36. The molecule has 0 aliphatic heterocycles. The lowest BCUT2D eigenvalue weighted by Crippen LogP contribution is -2.60. The van der Waals surface area contributed by atoms with Crippen molar-refractivity contribution < 1.29 is 4.79 Å². The maximum absolute atomic E-state index is 13.1. The van der Waals surface area contributed by atoms with Gasteiger partial charge in [-0.3, -0.25) is 9.89 Å².